The van der Waals surface area contributed by atoms with E-state index < -0.39 is 0 Å². The zero-order chi connectivity index (χ0) is 9.42. The predicted molar refractivity (Wildman–Crippen MR) is 51.2 cm³/mol. The molecule has 2 rings (SSSR count). The Balaban J connectivity index is 2.95. The molecule has 0 spiro atoms. The molecule has 0 aliphatic rings. The zero-order valence-corrected chi connectivity index (χ0v) is 6.74. The number of fused-ring (bicyclic) bond motifs is 1. The smallest absolute Gasteiger partial charge is 0.260 e. The summed E-state index contributed by atoms with van der Waals surface area (Å²) in [7, 11) is 0. The first kappa shape index (κ1) is 7.60. The number of nitrogens with two attached hydrogens (primary N) is 2. The molecule has 5 nitrogen and oxygen atoms in total. The number of aromatic nitrogens is 2. The summed E-state index contributed by atoms with van der Waals surface area (Å²) < 4.78 is 0. The van der Waals surface area contributed by atoms with Crippen molar-refractivity contribution in [3.8, 4) is 0 Å². The van der Waals surface area contributed by atoms with E-state index in [0.717, 1.165) is 0 Å². The topological polar surface area (TPSA) is 97.8 Å². The van der Waals surface area contributed by atoms with Crippen LogP contribution in [-0.4, -0.2) is 9.97 Å². The average Bonchev–Trinajstić information content (AvgIpc) is 2.06. The zero-order valence-electron chi connectivity index (χ0n) is 6.74. The van der Waals surface area contributed by atoms with Crippen molar-refractivity contribution in [3.63, 3.8) is 0 Å². The minimum atomic E-state index is -0.269. The second-order valence-corrected chi connectivity index (χ2v) is 2.73. The van der Waals surface area contributed by atoms with Crippen LogP contribution in [0, 0.1) is 0 Å². The number of hydrogen-bond acceptors (Lipinski definition) is 4. The van der Waals surface area contributed by atoms with E-state index in [4.69, 9.17) is 11.5 Å². The van der Waals surface area contributed by atoms with Crippen LogP contribution in [0.5, 0.6) is 0 Å². The van der Waals surface area contributed by atoms with E-state index in [-0.39, 0.29) is 11.5 Å². The molecule has 0 saturated carbocycles. The lowest BCUT2D eigenvalue weighted by Gasteiger charge is -1.98. The van der Waals surface area contributed by atoms with Gasteiger partial charge in [0, 0.05) is 5.69 Å². The molecule has 0 fully saturated rings. The van der Waals surface area contributed by atoms with Crippen LogP contribution in [0.15, 0.2) is 23.0 Å². The highest BCUT2D eigenvalue weighted by Gasteiger charge is 2.00. The van der Waals surface area contributed by atoms with Gasteiger partial charge >= 0.3 is 0 Å². The highest BCUT2D eigenvalue weighted by atomic mass is 16.1. The second-order valence-electron chi connectivity index (χ2n) is 2.73. The lowest BCUT2D eigenvalue weighted by molar-refractivity contribution is 1.19. The Morgan fingerprint density at radius 1 is 1.31 bits per heavy atom. The molecule has 0 radical (unpaired) electrons. The Hall–Kier alpha value is -2.04. The summed E-state index contributed by atoms with van der Waals surface area (Å²) in [4.78, 5) is 17.7. The van der Waals surface area contributed by atoms with E-state index in [9.17, 15) is 4.79 Å². The molecule has 0 atom stereocenters. The molecule has 1 aromatic carbocycles. The van der Waals surface area contributed by atoms with Gasteiger partial charge in [-0.2, -0.15) is 0 Å². The molecule has 1 aromatic heterocycles. The number of rotatable bonds is 0. The minimum absolute atomic E-state index is 0.113. The van der Waals surface area contributed by atoms with Gasteiger partial charge in [-0.3, -0.25) is 9.78 Å². The number of nitrogens with one attached hydrogen (secondary N) is 1. The molecule has 0 bridgehead atoms. The summed E-state index contributed by atoms with van der Waals surface area (Å²) in [6.45, 7) is 0. The van der Waals surface area contributed by atoms with E-state index >= 15 is 0 Å². The third-order valence-corrected chi connectivity index (χ3v) is 1.75. The first-order valence-electron chi connectivity index (χ1n) is 3.72. The first-order valence-corrected chi connectivity index (χ1v) is 3.72. The van der Waals surface area contributed by atoms with Gasteiger partial charge in [0.05, 0.1) is 10.9 Å². The SMILES string of the molecule is Nc1ccc2nc(N)[nH]c(=O)c2c1. The quantitative estimate of drug-likeness (QED) is 0.495. The maximum Gasteiger partial charge on any atom is 0.260 e. The summed E-state index contributed by atoms with van der Waals surface area (Å²) in [5, 5.41) is 0.453. The average molecular weight is 176 g/mol. The molecule has 1 heterocycles. The molecule has 2 aromatic rings. The van der Waals surface area contributed by atoms with Crippen LogP contribution in [0.1, 0.15) is 0 Å². The van der Waals surface area contributed by atoms with Gasteiger partial charge in [-0.15, -0.1) is 0 Å². The van der Waals surface area contributed by atoms with Gasteiger partial charge < -0.3 is 11.5 Å². The van der Waals surface area contributed by atoms with Crippen molar-refractivity contribution < 1.29 is 0 Å². The van der Waals surface area contributed by atoms with Crippen LogP contribution in [0.4, 0.5) is 11.6 Å². The molecule has 5 heteroatoms. The number of nitrogen functional groups attached to an aromatic ring is 2. The van der Waals surface area contributed by atoms with Crippen LogP contribution < -0.4 is 17.0 Å². The van der Waals surface area contributed by atoms with Crippen LogP contribution in [-0.2, 0) is 0 Å². The van der Waals surface area contributed by atoms with E-state index in [1.54, 1.807) is 18.2 Å². The molecule has 0 unspecified atom stereocenters. The van der Waals surface area contributed by atoms with Gasteiger partial charge in [-0.1, -0.05) is 0 Å². The maximum absolute atomic E-state index is 11.3. The van der Waals surface area contributed by atoms with Crippen molar-refractivity contribution in [2.45, 2.75) is 0 Å². The monoisotopic (exact) mass is 176 g/mol. The van der Waals surface area contributed by atoms with Crippen molar-refractivity contribution in [2.75, 3.05) is 11.5 Å². The standard InChI is InChI=1S/C8H8N4O/c9-4-1-2-6-5(3-4)7(13)12-8(10)11-6/h1-3H,9H2,(H3,10,11,12,13). The number of hydrogen-bond donors (Lipinski definition) is 3. The number of H-pyrrole nitrogens is 1. The van der Waals surface area contributed by atoms with E-state index in [0.29, 0.717) is 16.6 Å². The normalized spacial score (nSPS) is 10.5. The van der Waals surface area contributed by atoms with Crippen molar-refractivity contribution in [3.05, 3.63) is 28.6 Å². The molecule has 13 heavy (non-hydrogen) atoms. The highest BCUT2D eigenvalue weighted by Crippen LogP contribution is 2.11. The highest BCUT2D eigenvalue weighted by molar-refractivity contribution is 5.81. The fraction of sp³-hybridized carbons (Fsp3) is 0. The van der Waals surface area contributed by atoms with Gasteiger partial charge in [0.25, 0.3) is 5.56 Å². The molecule has 66 valence electrons. The summed E-state index contributed by atoms with van der Waals surface area (Å²) in [6.07, 6.45) is 0. The van der Waals surface area contributed by atoms with Gasteiger partial charge in [0.15, 0.2) is 0 Å². The van der Waals surface area contributed by atoms with Gasteiger partial charge in [0.1, 0.15) is 0 Å². The Morgan fingerprint density at radius 3 is 2.85 bits per heavy atom. The lowest BCUT2D eigenvalue weighted by Crippen LogP contribution is -2.11. The fourth-order valence-corrected chi connectivity index (χ4v) is 1.17. The van der Waals surface area contributed by atoms with Crippen LogP contribution in [0.3, 0.4) is 0 Å². The fourth-order valence-electron chi connectivity index (χ4n) is 1.17. The van der Waals surface area contributed by atoms with Crippen LogP contribution in [0.25, 0.3) is 10.9 Å². The minimum Gasteiger partial charge on any atom is -0.399 e. The van der Waals surface area contributed by atoms with Crippen molar-refractivity contribution in [1.29, 1.82) is 0 Å². The lowest BCUT2D eigenvalue weighted by atomic mass is 10.2. The summed E-state index contributed by atoms with van der Waals surface area (Å²) in [5.41, 5.74) is 11.7. The van der Waals surface area contributed by atoms with Gasteiger partial charge in [-0.25, -0.2) is 4.98 Å². The Morgan fingerprint density at radius 2 is 2.08 bits per heavy atom. The Kier molecular flexibility index (Phi) is 1.45. The molecular formula is C8H8N4O. The predicted octanol–water partition coefficient (Wildman–Crippen LogP) is 0.0875. The molecule has 0 saturated heterocycles. The molecule has 0 amide bonds. The largest absolute Gasteiger partial charge is 0.399 e. The Bertz CT molecular complexity index is 517. The van der Waals surface area contributed by atoms with E-state index in [1.807, 2.05) is 0 Å². The van der Waals surface area contributed by atoms with Crippen molar-refractivity contribution >= 4 is 22.5 Å². The van der Waals surface area contributed by atoms with Gasteiger partial charge in [-0.05, 0) is 18.2 Å². The molecule has 0 aliphatic heterocycles. The molecule has 5 N–H and O–H groups in total. The third kappa shape index (κ3) is 1.20. The maximum atomic E-state index is 11.3. The molecule has 0 aliphatic carbocycles. The summed E-state index contributed by atoms with van der Waals surface area (Å²) >= 11 is 0. The van der Waals surface area contributed by atoms with E-state index in [2.05, 4.69) is 9.97 Å². The summed E-state index contributed by atoms with van der Waals surface area (Å²) in [6, 6.07) is 4.91. The first-order chi connectivity index (χ1) is 6.16. The number of benzene rings is 1. The van der Waals surface area contributed by atoms with E-state index in [1.165, 1.54) is 0 Å². The number of aromatic amines is 1. The summed E-state index contributed by atoms with van der Waals surface area (Å²) in [5.74, 6) is 0.113. The third-order valence-electron chi connectivity index (χ3n) is 1.75. The Labute approximate surface area is 73.4 Å². The van der Waals surface area contributed by atoms with Gasteiger partial charge in [0.2, 0.25) is 5.95 Å². The van der Waals surface area contributed by atoms with Crippen LogP contribution >= 0.6 is 0 Å². The van der Waals surface area contributed by atoms with Crippen molar-refractivity contribution in [2.24, 2.45) is 0 Å². The second kappa shape index (κ2) is 2.48. The molecular weight excluding hydrogens is 168 g/mol. The number of anilines is 2. The number of nitrogens with zero attached hydrogens (tertiary/aromatic N) is 1. The van der Waals surface area contributed by atoms with Crippen LogP contribution in [0.2, 0.25) is 0 Å². The van der Waals surface area contributed by atoms with Crippen molar-refractivity contribution in [1.82, 2.24) is 9.97 Å².